The van der Waals surface area contributed by atoms with Crippen molar-refractivity contribution in [1.82, 2.24) is 4.90 Å². The Kier molecular flexibility index (Phi) is 4.99. The molecule has 1 aromatic rings. The molecule has 0 spiro atoms. The van der Waals surface area contributed by atoms with Gasteiger partial charge in [-0.1, -0.05) is 51.1 Å². The van der Waals surface area contributed by atoms with E-state index in [1.54, 1.807) is 0 Å². The fourth-order valence-corrected chi connectivity index (χ4v) is 5.43. The molecule has 0 aliphatic carbocycles. The van der Waals surface area contributed by atoms with Crippen molar-refractivity contribution >= 4 is 14.1 Å². The predicted octanol–water partition coefficient (Wildman–Crippen LogP) is 4.80. The van der Waals surface area contributed by atoms with Gasteiger partial charge < -0.3 is 4.43 Å². The van der Waals surface area contributed by atoms with Gasteiger partial charge in [0.15, 0.2) is 8.32 Å². The maximum atomic E-state index is 13.1. The molecular weight excluding hydrogens is 326 g/mol. The van der Waals surface area contributed by atoms with Gasteiger partial charge in [-0.15, -0.1) is 0 Å². The number of fused-ring (bicyclic) bond motifs is 2. The number of hydrogen-bond acceptors (Lipinski definition) is 3. The second kappa shape index (κ2) is 6.64. The summed E-state index contributed by atoms with van der Waals surface area (Å²) in [5.74, 6) is 0.360. The molecule has 2 aliphatic heterocycles. The molecule has 0 saturated carbocycles. The highest BCUT2D eigenvalue weighted by Gasteiger charge is 2.51. The van der Waals surface area contributed by atoms with Crippen molar-refractivity contribution in [3.8, 4) is 0 Å². The zero-order chi connectivity index (χ0) is 18.4. The first kappa shape index (κ1) is 18.8. The highest BCUT2D eigenvalue weighted by atomic mass is 28.4. The van der Waals surface area contributed by atoms with Crippen LogP contribution in [0.3, 0.4) is 0 Å². The largest absolute Gasteiger partial charge is 0.409 e. The summed E-state index contributed by atoms with van der Waals surface area (Å²) < 4.78 is 6.89. The van der Waals surface area contributed by atoms with Crippen LogP contribution in [0.1, 0.15) is 51.7 Å². The van der Waals surface area contributed by atoms with Crippen molar-refractivity contribution < 1.29 is 9.22 Å². The second-order valence-electron chi connectivity index (χ2n) is 9.37. The molecule has 0 aromatic heterocycles. The van der Waals surface area contributed by atoms with Crippen LogP contribution in [0.15, 0.2) is 30.3 Å². The van der Waals surface area contributed by atoms with Crippen molar-refractivity contribution in [3.63, 3.8) is 0 Å². The standard InChI is InChI=1S/C21H33NO2Si/c1-21(2,3)25(5,6)24-20(15-10-8-7-9-11-15)19-17-13-12-16(22(17)4)14-18(19)23/h7-11,16-17,19-20H,12-14H2,1-6H3/t16-,17+,19-,20-/m1/s1. The van der Waals surface area contributed by atoms with Gasteiger partial charge in [0.05, 0.1) is 12.0 Å². The van der Waals surface area contributed by atoms with Crippen LogP contribution in [-0.4, -0.2) is 38.1 Å². The number of carbonyl (C=O) groups is 1. The van der Waals surface area contributed by atoms with Gasteiger partial charge in [-0.05, 0) is 43.6 Å². The lowest BCUT2D eigenvalue weighted by Gasteiger charge is -2.45. The zero-order valence-electron chi connectivity index (χ0n) is 16.6. The molecule has 0 unspecified atom stereocenters. The quantitative estimate of drug-likeness (QED) is 0.723. The molecule has 0 radical (unpaired) electrons. The van der Waals surface area contributed by atoms with Crippen molar-refractivity contribution in [1.29, 1.82) is 0 Å². The molecular formula is C21H33NO2Si. The number of piperidine rings is 1. The van der Waals surface area contributed by atoms with Crippen LogP contribution in [0, 0.1) is 5.92 Å². The van der Waals surface area contributed by atoms with Gasteiger partial charge in [-0.25, -0.2) is 0 Å². The number of Topliss-reactive ketones (excluding diaryl/α,β-unsaturated/α-hetero) is 1. The first-order valence-corrected chi connectivity index (χ1v) is 12.5. The summed E-state index contributed by atoms with van der Waals surface area (Å²) >= 11 is 0. The van der Waals surface area contributed by atoms with E-state index in [-0.39, 0.29) is 17.1 Å². The van der Waals surface area contributed by atoms with E-state index in [0.29, 0.717) is 24.3 Å². The third-order valence-corrected chi connectivity index (χ3v) is 11.3. The Morgan fingerprint density at radius 3 is 2.40 bits per heavy atom. The molecule has 1 aromatic carbocycles. The topological polar surface area (TPSA) is 29.5 Å². The number of hydrogen-bond donors (Lipinski definition) is 0. The summed E-state index contributed by atoms with van der Waals surface area (Å²) in [6.45, 7) is 11.4. The molecule has 3 nitrogen and oxygen atoms in total. The van der Waals surface area contributed by atoms with E-state index in [1.165, 1.54) is 0 Å². The molecule has 4 heteroatoms. The number of nitrogens with zero attached hydrogens (tertiary/aromatic N) is 1. The van der Waals surface area contributed by atoms with Crippen LogP contribution < -0.4 is 0 Å². The van der Waals surface area contributed by atoms with E-state index >= 15 is 0 Å². The molecule has 2 aliphatic rings. The van der Waals surface area contributed by atoms with Gasteiger partial charge in [0.25, 0.3) is 0 Å². The lowest BCUT2D eigenvalue weighted by Crippen LogP contribution is -2.52. The van der Waals surface area contributed by atoms with Gasteiger partial charge in [0, 0.05) is 18.5 Å². The van der Waals surface area contributed by atoms with E-state index in [4.69, 9.17) is 4.43 Å². The van der Waals surface area contributed by atoms with Crippen LogP contribution in [0.25, 0.3) is 0 Å². The monoisotopic (exact) mass is 359 g/mol. The SMILES string of the molecule is CN1[C@@H]2CC[C@H]1[C@@H]([C@H](O[Si](C)(C)C(C)(C)C)c1ccccc1)C(=O)C2. The number of rotatable bonds is 4. The molecule has 0 N–H and O–H groups in total. The van der Waals surface area contributed by atoms with Crippen molar-refractivity contribution in [3.05, 3.63) is 35.9 Å². The Morgan fingerprint density at radius 2 is 1.80 bits per heavy atom. The highest BCUT2D eigenvalue weighted by Crippen LogP contribution is 2.47. The summed E-state index contributed by atoms with van der Waals surface area (Å²) in [6, 6.07) is 11.2. The van der Waals surface area contributed by atoms with E-state index < -0.39 is 8.32 Å². The van der Waals surface area contributed by atoms with Crippen LogP contribution >= 0.6 is 0 Å². The van der Waals surface area contributed by atoms with Gasteiger partial charge in [0.1, 0.15) is 5.78 Å². The Morgan fingerprint density at radius 1 is 1.16 bits per heavy atom. The molecule has 4 atom stereocenters. The Labute approximate surface area is 153 Å². The van der Waals surface area contributed by atoms with E-state index in [0.717, 1.165) is 18.4 Å². The summed E-state index contributed by atoms with van der Waals surface area (Å²) in [7, 11) is 0.205. The van der Waals surface area contributed by atoms with E-state index in [2.05, 4.69) is 70.1 Å². The zero-order valence-corrected chi connectivity index (χ0v) is 17.6. The van der Waals surface area contributed by atoms with E-state index in [1.807, 2.05) is 6.07 Å². The highest BCUT2D eigenvalue weighted by molar-refractivity contribution is 6.74. The van der Waals surface area contributed by atoms with Crippen molar-refractivity contribution in [2.45, 2.75) is 76.4 Å². The summed E-state index contributed by atoms with van der Waals surface area (Å²) in [4.78, 5) is 15.5. The number of benzene rings is 1. The van der Waals surface area contributed by atoms with Crippen LogP contribution in [-0.2, 0) is 9.22 Å². The first-order valence-electron chi connectivity index (χ1n) is 9.59. The molecule has 2 heterocycles. The van der Waals surface area contributed by atoms with Crippen LogP contribution in [0.5, 0.6) is 0 Å². The van der Waals surface area contributed by atoms with E-state index in [9.17, 15) is 4.79 Å². The van der Waals surface area contributed by atoms with Crippen LogP contribution in [0.4, 0.5) is 0 Å². The minimum Gasteiger partial charge on any atom is -0.409 e. The van der Waals surface area contributed by atoms with Gasteiger partial charge >= 0.3 is 0 Å². The average Bonchev–Trinajstić information content (AvgIpc) is 2.77. The molecule has 2 saturated heterocycles. The maximum absolute atomic E-state index is 13.1. The summed E-state index contributed by atoms with van der Waals surface area (Å²) in [5.41, 5.74) is 1.16. The fourth-order valence-electron chi connectivity index (χ4n) is 4.16. The maximum Gasteiger partial charge on any atom is 0.192 e. The normalized spacial score (nSPS) is 29.0. The summed E-state index contributed by atoms with van der Waals surface area (Å²) in [5, 5.41) is 0.127. The summed E-state index contributed by atoms with van der Waals surface area (Å²) in [6.07, 6.45) is 2.82. The van der Waals surface area contributed by atoms with Crippen LogP contribution in [0.2, 0.25) is 18.1 Å². The lowest BCUT2D eigenvalue weighted by atomic mass is 9.82. The minimum atomic E-state index is -1.99. The lowest BCUT2D eigenvalue weighted by molar-refractivity contribution is -0.133. The molecule has 2 bridgehead atoms. The van der Waals surface area contributed by atoms with Gasteiger partial charge in [-0.3, -0.25) is 9.69 Å². The smallest absolute Gasteiger partial charge is 0.192 e. The predicted molar refractivity (Wildman–Crippen MR) is 105 cm³/mol. The van der Waals surface area contributed by atoms with Gasteiger partial charge in [0.2, 0.25) is 0 Å². The molecule has 0 amide bonds. The molecule has 3 rings (SSSR count). The molecule has 25 heavy (non-hydrogen) atoms. The second-order valence-corrected chi connectivity index (χ2v) is 14.1. The fraction of sp³-hybridized carbons (Fsp3) is 0.667. The Hall–Kier alpha value is -0.973. The third-order valence-electron chi connectivity index (χ3n) is 6.80. The Bertz CT molecular complexity index is 623. The van der Waals surface area contributed by atoms with Crippen molar-refractivity contribution in [2.24, 2.45) is 5.92 Å². The molecule has 2 fully saturated rings. The van der Waals surface area contributed by atoms with Gasteiger partial charge in [-0.2, -0.15) is 0 Å². The number of carbonyl (C=O) groups excluding carboxylic acids is 1. The third kappa shape index (κ3) is 3.49. The Balaban J connectivity index is 1.98. The molecule has 138 valence electrons. The first-order chi connectivity index (χ1) is 11.6. The number of ketones is 1. The minimum absolute atomic E-state index is 0.0414. The average molecular weight is 360 g/mol. The van der Waals surface area contributed by atoms with Crippen molar-refractivity contribution in [2.75, 3.05) is 7.05 Å².